The van der Waals surface area contributed by atoms with Gasteiger partial charge in [-0.1, -0.05) is 97.1 Å². The van der Waals surface area contributed by atoms with Crippen molar-refractivity contribution < 1.29 is 0 Å². The van der Waals surface area contributed by atoms with Crippen molar-refractivity contribution in [3.05, 3.63) is 133 Å². The monoisotopic (exact) mass is 499 g/mol. The van der Waals surface area contributed by atoms with E-state index in [1.165, 1.54) is 0 Å². The van der Waals surface area contributed by atoms with Crippen LogP contribution in [0.3, 0.4) is 0 Å². The van der Waals surface area contributed by atoms with E-state index >= 15 is 0 Å². The molecule has 0 aliphatic rings. The van der Waals surface area contributed by atoms with Gasteiger partial charge in [-0.05, 0) is 30.3 Å². The molecule has 5 nitrogen and oxygen atoms in total. The Balaban J connectivity index is 1.55. The Morgan fingerprint density at radius 2 is 1.00 bits per heavy atom. The number of hydrogen-bond acceptors (Lipinski definition) is 4. The van der Waals surface area contributed by atoms with Gasteiger partial charge in [0, 0.05) is 27.5 Å². The van der Waals surface area contributed by atoms with E-state index in [4.69, 9.17) is 15.0 Å². The predicted molar refractivity (Wildman–Crippen MR) is 155 cm³/mol. The summed E-state index contributed by atoms with van der Waals surface area (Å²) in [5.41, 5.74) is 6.14. The van der Waals surface area contributed by atoms with Gasteiger partial charge in [0.1, 0.15) is 0 Å². The standard InChI is InChI=1S/C34H21N5/c35-22-23-19-20-28(31(21-23)39-29-17-9-7-15-26(29)27-16-8-10-18-30(27)39)34-37-32(24-11-3-1-4-12-24)36-33(38-34)25-13-5-2-6-14-25/h1-21H. The Hall–Kier alpha value is -5.60. The first-order valence-electron chi connectivity index (χ1n) is 12.7. The minimum atomic E-state index is 0.545. The van der Waals surface area contributed by atoms with Crippen LogP contribution in [0.25, 0.3) is 61.7 Å². The molecule has 0 amide bonds. The van der Waals surface area contributed by atoms with Crippen molar-refractivity contribution in [1.29, 1.82) is 5.26 Å². The van der Waals surface area contributed by atoms with Gasteiger partial charge in [-0.25, -0.2) is 15.0 Å². The first-order chi connectivity index (χ1) is 19.3. The number of rotatable bonds is 4. The van der Waals surface area contributed by atoms with Gasteiger partial charge in [-0.3, -0.25) is 0 Å². The Labute approximate surface area is 225 Å². The van der Waals surface area contributed by atoms with E-state index in [2.05, 4.69) is 47.0 Å². The van der Waals surface area contributed by atoms with Crippen molar-refractivity contribution in [3.63, 3.8) is 0 Å². The molecule has 2 heterocycles. The Morgan fingerprint density at radius 3 is 1.54 bits per heavy atom. The van der Waals surface area contributed by atoms with Gasteiger partial charge in [-0.2, -0.15) is 5.26 Å². The van der Waals surface area contributed by atoms with Gasteiger partial charge in [0.2, 0.25) is 0 Å². The predicted octanol–water partition coefficient (Wildman–Crippen LogP) is 7.84. The van der Waals surface area contributed by atoms with Crippen molar-refractivity contribution in [3.8, 4) is 45.9 Å². The molecule has 0 N–H and O–H groups in total. The molecule has 0 radical (unpaired) electrons. The number of nitriles is 1. The zero-order chi connectivity index (χ0) is 26.2. The fourth-order valence-electron chi connectivity index (χ4n) is 5.09. The van der Waals surface area contributed by atoms with E-state index in [0.717, 1.165) is 44.2 Å². The highest BCUT2D eigenvalue weighted by Gasteiger charge is 2.19. The first kappa shape index (κ1) is 22.6. The van der Waals surface area contributed by atoms with Gasteiger partial charge in [0.05, 0.1) is 28.4 Å². The summed E-state index contributed by atoms with van der Waals surface area (Å²) < 4.78 is 2.20. The number of hydrogen-bond donors (Lipinski definition) is 0. The fraction of sp³-hybridized carbons (Fsp3) is 0. The average Bonchev–Trinajstić information content (AvgIpc) is 3.36. The second kappa shape index (κ2) is 9.37. The molecule has 7 aromatic rings. The molecule has 0 saturated carbocycles. The van der Waals surface area contributed by atoms with Crippen LogP contribution in [-0.2, 0) is 0 Å². The third-order valence-corrected chi connectivity index (χ3v) is 6.89. The third kappa shape index (κ3) is 3.92. The highest BCUT2D eigenvalue weighted by molar-refractivity contribution is 6.09. The number of nitrogens with zero attached hydrogens (tertiary/aromatic N) is 5. The van der Waals surface area contributed by atoms with Crippen LogP contribution >= 0.6 is 0 Å². The summed E-state index contributed by atoms with van der Waals surface area (Å²) in [6, 6.07) is 44.5. The van der Waals surface area contributed by atoms with Crippen LogP contribution in [0.15, 0.2) is 127 Å². The molecule has 7 rings (SSSR count). The molecule has 0 bridgehead atoms. The Bertz CT molecular complexity index is 1910. The van der Waals surface area contributed by atoms with Gasteiger partial charge < -0.3 is 4.57 Å². The Kier molecular flexibility index (Phi) is 5.42. The SMILES string of the molecule is N#Cc1ccc(-c2nc(-c3ccccc3)nc(-c3ccccc3)n2)c(-n2c3ccccc3c3ccccc32)c1. The third-order valence-electron chi connectivity index (χ3n) is 6.89. The molecule has 0 spiro atoms. The van der Waals surface area contributed by atoms with Crippen LogP contribution in [0, 0.1) is 11.3 Å². The molecule has 39 heavy (non-hydrogen) atoms. The smallest absolute Gasteiger partial charge is 0.166 e. The van der Waals surface area contributed by atoms with Crippen molar-refractivity contribution >= 4 is 21.8 Å². The highest BCUT2D eigenvalue weighted by atomic mass is 15.1. The van der Waals surface area contributed by atoms with Crippen molar-refractivity contribution in [2.24, 2.45) is 0 Å². The van der Waals surface area contributed by atoms with Crippen LogP contribution in [0.2, 0.25) is 0 Å². The number of fused-ring (bicyclic) bond motifs is 3. The van der Waals surface area contributed by atoms with Crippen molar-refractivity contribution in [2.45, 2.75) is 0 Å². The van der Waals surface area contributed by atoms with E-state index in [9.17, 15) is 5.26 Å². The van der Waals surface area contributed by atoms with Gasteiger partial charge in [0.25, 0.3) is 0 Å². The molecule has 0 aliphatic carbocycles. The lowest BCUT2D eigenvalue weighted by atomic mass is 10.1. The summed E-state index contributed by atoms with van der Waals surface area (Å²) in [4.78, 5) is 14.8. The molecule has 0 unspecified atom stereocenters. The normalized spacial score (nSPS) is 11.1. The van der Waals surface area contributed by atoms with Crippen molar-refractivity contribution in [1.82, 2.24) is 19.5 Å². The van der Waals surface area contributed by atoms with Gasteiger partial charge in [0.15, 0.2) is 17.5 Å². The van der Waals surface area contributed by atoms with Crippen LogP contribution < -0.4 is 0 Å². The molecule has 0 fully saturated rings. The lowest BCUT2D eigenvalue weighted by molar-refractivity contribution is 1.06. The molecule has 2 aromatic heterocycles. The summed E-state index contributed by atoms with van der Waals surface area (Å²) in [5, 5.41) is 12.1. The maximum atomic E-state index is 9.83. The minimum absolute atomic E-state index is 0.545. The zero-order valence-electron chi connectivity index (χ0n) is 20.9. The number of benzene rings is 5. The Morgan fingerprint density at radius 1 is 0.513 bits per heavy atom. The molecule has 0 aliphatic heterocycles. The van der Waals surface area contributed by atoms with Crippen LogP contribution in [0.4, 0.5) is 0 Å². The van der Waals surface area contributed by atoms with E-state index in [1.54, 1.807) is 0 Å². The fourth-order valence-corrected chi connectivity index (χ4v) is 5.09. The molecule has 5 heteroatoms. The second-order valence-corrected chi connectivity index (χ2v) is 9.25. The number of aromatic nitrogens is 4. The van der Waals surface area contributed by atoms with Crippen LogP contribution in [0.5, 0.6) is 0 Å². The van der Waals surface area contributed by atoms with E-state index in [-0.39, 0.29) is 0 Å². The topological polar surface area (TPSA) is 67.4 Å². The minimum Gasteiger partial charge on any atom is -0.308 e. The van der Waals surface area contributed by atoms with Crippen molar-refractivity contribution in [2.75, 3.05) is 0 Å². The zero-order valence-corrected chi connectivity index (χ0v) is 20.9. The first-order valence-corrected chi connectivity index (χ1v) is 12.7. The summed E-state index contributed by atoms with van der Waals surface area (Å²) in [6.07, 6.45) is 0. The van der Waals surface area contributed by atoms with E-state index in [1.807, 2.05) is 91.0 Å². The second-order valence-electron chi connectivity index (χ2n) is 9.25. The molecular weight excluding hydrogens is 478 g/mol. The summed E-state index contributed by atoms with van der Waals surface area (Å²) in [6.45, 7) is 0. The maximum absolute atomic E-state index is 9.83. The van der Waals surface area contributed by atoms with Crippen LogP contribution in [0.1, 0.15) is 5.56 Å². The van der Waals surface area contributed by atoms with E-state index in [0.29, 0.717) is 23.0 Å². The lowest BCUT2D eigenvalue weighted by Crippen LogP contribution is -2.04. The average molecular weight is 500 g/mol. The van der Waals surface area contributed by atoms with Gasteiger partial charge >= 0.3 is 0 Å². The summed E-state index contributed by atoms with van der Waals surface area (Å²) in [7, 11) is 0. The molecule has 182 valence electrons. The highest BCUT2D eigenvalue weighted by Crippen LogP contribution is 2.36. The van der Waals surface area contributed by atoms with E-state index < -0.39 is 0 Å². The number of para-hydroxylation sites is 2. The molecule has 0 saturated heterocycles. The lowest BCUT2D eigenvalue weighted by Gasteiger charge is -2.15. The molecule has 5 aromatic carbocycles. The quantitative estimate of drug-likeness (QED) is 0.247. The van der Waals surface area contributed by atoms with Crippen LogP contribution in [-0.4, -0.2) is 19.5 Å². The summed E-state index contributed by atoms with van der Waals surface area (Å²) in [5.74, 6) is 1.73. The maximum Gasteiger partial charge on any atom is 0.166 e. The molecular formula is C34H21N5. The van der Waals surface area contributed by atoms with Gasteiger partial charge in [-0.15, -0.1) is 0 Å². The molecule has 0 atom stereocenters. The largest absolute Gasteiger partial charge is 0.308 e. The summed E-state index contributed by atoms with van der Waals surface area (Å²) >= 11 is 0.